The van der Waals surface area contributed by atoms with E-state index in [0.29, 0.717) is 24.1 Å². The van der Waals surface area contributed by atoms with Gasteiger partial charge in [0.1, 0.15) is 0 Å². The number of carbonyl (C=O) groups is 2. The zero-order chi connectivity index (χ0) is 18.6. The van der Waals surface area contributed by atoms with Gasteiger partial charge in [-0.2, -0.15) is 0 Å². The van der Waals surface area contributed by atoms with Gasteiger partial charge in [-0.1, -0.05) is 19.4 Å². The summed E-state index contributed by atoms with van der Waals surface area (Å²) < 4.78 is 23.2. The quantitative estimate of drug-likeness (QED) is 0.770. The third-order valence-corrected chi connectivity index (χ3v) is 6.38. The van der Waals surface area contributed by atoms with Gasteiger partial charge in [0.05, 0.1) is 11.5 Å². The molecule has 1 aromatic carbocycles. The summed E-state index contributed by atoms with van der Waals surface area (Å²) in [4.78, 5) is 28.3. The van der Waals surface area contributed by atoms with Gasteiger partial charge in [-0.15, -0.1) is 0 Å². The van der Waals surface area contributed by atoms with Gasteiger partial charge >= 0.3 is 0 Å². The third kappa shape index (κ3) is 4.81. The molecule has 2 amide bonds. The van der Waals surface area contributed by atoms with Crippen molar-refractivity contribution in [1.29, 1.82) is 0 Å². The zero-order valence-electron chi connectivity index (χ0n) is 15.1. The van der Waals surface area contributed by atoms with Crippen LogP contribution < -0.4 is 0 Å². The lowest BCUT2D eigenvalue weighted by Gasteiger charge is -2.24. The predicted molar refractivity (Wildman–Crippen MR) is 97.5 cm³/mol. The van der Waals surface area contributed by atoms with Crippen LogP contribution in [-0.4, -0.2) is 68.2 Å². The number of hydrogen-bond acceptors (Lipinski definition) is 4. The van der Waals surface area contributed by atoms with Gasteiger partial charge in [0, 0.05) is 37.8 Å². The molecule has 0 N–H and O–H groups in total. The van der Waals surface area contributed by atoms with Crippen molar-refractivity contribution in [1.82, 2.24) is 9.80 Å². The Morgan fingerprint density at radius 3 is 2.36 bits per heavy atom. The Kier molecular flexibility index (Phi) is 6.21. The zero-order valence-corrected chi connectivity index (χ0v) is 15.9. The third-order valence-electron chi connectivity index (χ3n) is 4.63. The molecule has 1 fully saturated rings. The number of benzene rings is 1. The van der Waals surface area contributed by atoms with E-state index in [1.165, 1.54) is 4.90 Å². The molecule has 2 rings (SSSR count). The maximum Gasteiger partial charge on any atom is 0.253 e. The molecule has 25 heavy (non-hydrogen) atoms. The van der Waals surface area contributed by atoms with E-state index in [0.717, 1.165) is 12.8 Å². The van der Waals surface area contributed by atoms with Crippen molar-refractivity contribution in [2.75, 3.05) is 32.1 Å². The normalized spacial score (nSPS) is 18.8. The van der Waals surface area contributed by atoms with Gasteiger partial charge in [0.25, 0.3) is 11.8 Å². The van der Waals surface area contributed by atoms with Crippen LogP contribution in [-0.2, 0) is 9.84 Å². The molecular formula is C18H26N2O4S. The molecule has 0 aromatic heterocycles. The highest BCUT2D eigenvalue weighted by molar-refractivity contribution is 7.91. The van der Waals surface area contributed by atoms with E-state index in [-0.39, 0.29) is 29.4 Å². The first-order valence-corrected chi connectivity index (χ1v) is 10.4. The summed E-state index contributed by atoms with van der Waals surface area (Å²) in [5.41, 5.74) is 0.874. The number of carbonyl (C=O) groups excluding carboxylic acids is 2. The van der Waals surface area contributed by atoms with Crippen molar-refractivity contribution in [2.24, 2.45) is 0 Å². The lowest BCUT2D eigenvalue weighted by Crippen LogP contribution is -2.38. The molecule has 0 saturated carbocycles. The number of sulfone groups is 1. The van der Waals surface area contributed by atoms with E-state index < -0.39 is 9.84 Å². The van der Waals surface area contributed by atoms with Crippen molar-refractivity contribution in [3.8, 4) is 0 Å². The van der Waals surface area contributed by atoms with Crippen LogP contribution in [0.25, 0.3) is 0 Å². The number of nitrogens with zero attached hydrogens (tertiary/aromatic N) is 2. The van der Waals surface area contributed by atoms with Gasteiger partial charge in [-0.3, -0.25) is 9.59 Å². The summed E-state index contributed by atoms with van der Waals surface area (Å²) in [5.74, 6) is -0.244. The molecule has 1 atom stereocenters. The summed E-state index contributed by atoms with van der Waals surface area (Å²) in [6, 6.07) is 6.33. The number of unbranched alkanes of at least 4 members (excludes halogenated alkanes) is 1. The van der Waals surface area contributed by atoms with Crippen LogP contribution in [0.2, 0.25) is 0 Å². The summed E-state index contributed by atoms with van der Waals surface area (Å²) >= 11 is 0. The van der Waals surface area contributed by atoms with Crippen LogP contribution >= 0.6 is 0 Å². The lowest BCUT2D eigenvalue weighted by molar-refractivity contribution is 0.0747. The molecule has 0 aliphatic carbocycles. The lowest BCUT2D eigenvalue weighted by atomic mass is 10.1. The first kappa shape index (κ1) is 19.4. The van der Waals surface area contributed by atoms with Gasteiger partial charge < -0.3 is 9.80 Å². The summed E-state index contributed by atoms with van der Waals surface area (Å²) in [6.07, 6.45) is 2.40. The fourth-order valence-corrected chi connectivity index (χ4v) is 4.73. The standard InChI is InChI=1S/C18H26N2O4S/c1-4-5-10-19(2)17(21)14-7-6-8-15(12-14)18(22)20(3)16-9-11-25(23,24)13-16/h6-8,12,16H,4-5,9-11,13H2,1-3H3. The van der Waals surface area contributed by atoms with E-state index in [2.05, 4.69) is 6.92 Å². The van der Waals surface area contributed by atoms with Crippen molar-refractivity contribution < 1.29 is 18.0 Å². The Labute approximate surface area is 149 Å². The minimum absolute atomic E-state index is 0.00756. The predicted octanol–water partition coefficient (Wildman–Crippen LogP) is 1.82. The fourth-order valence-electron chi connectivity index (χ4n) is 2.95. The maximum absolute atomic E-state index is 12.7. The SMILES string of the molecule is CCCCN(C)C(=O)c1cccc(C(=O)N(C)C2CCS(=O)(=O)C2)c1. The molecule has 6 nitrogen and oxygen atoms in total. The highest BCUT2D eigenvalue weighted by atomic mass is 32.2. The van der Waals surface area contributed by atoms with Gasteiger partial charge in [-0.25, -0.2) is 8.42 Å². The van der Waals surface area contributed by atoms with Crippen molar-refractivity contribution in [2.45, 2.75) is 32.2 Å². The monoisotopic (exact) mass is 366 g/mol. The second kappa shape index (κ2) is 7.99. The number of rotatable bonds is 6. The van der Waals surface area contributed by atoms with Crippen LogP contribution in [0.5, 0.6) is 0 Å². The van der Waals surface area contributed by atoms with Crippen molar-refractivity contribution in [3.05, 3.63) is 35.4 Å². The Morgan fingerprint density at radius 1 is 1.16 bits per heavy atom. The first-order valence-electron chi connectivity index (χ1n) is 8.58. The molecule has 1 heterocycles. The molecule has 1 aromatic rings. The maximum atomic E-state index is 12.7. The summed E-state index contributed by atoms with van der Waals surface area (Å²) in [5, 5.41) is 0. The van der Waals surface area contributed by atoms with E-state index >= 15 is 0 Å². The molecule has 0 radical (unpaired) electrons. The molecule has 0 bridgehead atoms. The van der Waals surface area contributed by atoms with E-state index in [4.69, 9.17) is 0 Å². The Morgan fingerprint density at radius 2 is 1.80 bits per heavy atom. The van der Waals surface area contributed by atoms with Crippen molar-refractivity contribution in [3.63, 3.8) is 0 Å². The van der Waals surface area contributed by atoms with Crippen LogP contribution in [0.15, 0.2) is 24.3 Å². The van der Waals surface area contributed by atoms with Gasteiger partial charge in [0.2, 0.25) is 0 Å². The van der Waals surface area contributed by atoms with Crippen LogP contribution in [0.3, 0.4) is 0 Å². The average molecular weight is 366 g/mol. The smallest absolute Gasteiger partial charge is 0.253 e. The van der Waals surface area contributed by atoms with Crippen LogP contribution in [0, 0.1) is 0 Å². The Hall–Kier alpha value is -1.89. The minimum Gasteiger partial charge on any atom is -0.342 e. The molecule has 1 unspecified atom stereocenters. The van der Waals surface area contributed by atoms with E-state index in [9.17, 15) is 18.0 Å². The van der Waals surface area contributed by atoms with Crippen LogP contribution in [0.4, 0.5) is 0 Å². The topological polar surface area (TPSA) is 74.8 Å². The molecule has 7 heteroatoms. The van der Waals surface area contributed by atoms with E-state index in [1.807, 2.05) is 0 Å². The molecule has 0 spiro atoms. The number of amides is 2. The van der Waals surface area contributed by atoms with E-state index in [1.54, 1.807) is 43.3 Å². The van der Waals surface area contributed by atoms with Gasteiger partial charge in [-0.05, 0) is 31.0 Å². The largest absolute Gasteiger partial charge is 0.342 e. The highest BCUT2D eigenvalue weighted by Gasteiger charge is 2.33. The summed E-state index contributed by atoms with van der Waals surface area (Å²) in [7, 11) is 0.320. The Balaban J connectivity index is 2.12. The Bertz CT molecular complexity index is 745. The summed E-state index contributed by atoms with van der Waals surface area (Å²) in [6.45, 7) is 2.74. The van der Waals surface area contributed by atoms with Crippen LogP contribution in [0.1, 0.15) is 46.9 Å². The molecule has 138 valence electrons. The molecular weight excluding hydrogens is 340 g/mol. The first-order chi connectivity index (χ1) is 11.7. The molecule has 1 aliphatic heterocycles. The van der Waals surface area contributed by atoms with Crippen molar-refractivity contribution >= 4 is 21.7 Å². The number of hydrogen-bond donors (Lipinski definition) is 0. The molecule has 1 aliphatic rings. The average Bonchev–Trinajstić information content (AvgIpc) is 2.97. The minimum atomic E-state index is -3.05. The second-order valence-electron chi connectivity index (χ2n) is 6.63. The fraction of sp³-hybridized carbons (Fsp3) is 0.556. The highest BCUT2D eigenvalue weighted by Crippen LogP contribution is 2.19. The van der Waals surface area contributed by atoms with Gasteiger partial charge in [0.15, 0.2) is 9.84 Å². The molecule has 1 saturated heterocycles. The second-order valence-corrected chi connectivity index (χ2v) is 8.86.